The minimum Gasteiger partial charge on any atom is -0.481 e. The van der Waals surface area contributed by atoms with E-state index in [-0.39, 0.29) is 6.42 Å². The normalized spacial score (nSPS) is 10.2. The molecule has 0 spiro atoms. The number of rotatable bonds is 6. The highest BCUT2D eigenvalue weighted by Crippen LogP contribution is 2.09. The Morgan fingerprint density at radius 3 is 2.75 bits per heavy atom. The zero-order valence-electron chi connectivity index (χ0n) is 9.40. The summed E-state index contributed by atoms with van der Waals surface area (Å²) in [6.07, 6.45) is 1.50. The van der Waals surface area contributed by atoms with Gasteiger partial charge in [-0.1, -0.05) is 0 Å². The summed E-state index contributed by atoms with van der Waals surface area (Å²) in [5.41, 5.74) is 0. The standard InChI is InChI=1S/C10H16N4O2/c1-7(2)14-9-5-8(12-6-13-9)11-4-3-10(15)16/h5-7H,3-4H2,1-2H3,(H,15,16)(H2,11,12,13,14). The molecule has 3 N–H and O–H groups in total. The molecule has 0 aliphatic heterocycles. The van der Waals surface area contributed by atoms with E-state index in [9.17, 15) is 4.79 Å². The van der Waals surface area contributed by atoms with Crippen molar-refractivity contribution < 1.29 is 9.90 Å². The zero-order chi connectivity index (χ0) is 12.0. The minimum atomic E-state index is -0.831. The van der Waals surface area contributed by atoms with E-state index in [2.05, 4.69) is 20.6 Å². The molecular weight excluding hydrogens is 208 g/mol. The Bertz CT molecular complexity index is 354. The molecule has 16 heavy (non-hydrogen) atoms. The summed E-state index contributed by atoms with van der Waals surface area (Å²) in [7, 11) is 0. The third-order valence-corrected chi connectivity index (χ3v) is 1.75. The fourth-order valence-corrected chi connectivity index (χ4v) is 1.13. The smallest absolute Gasteiger partial charge is 0.305 e. The maximum atomic E-state index is 10.3. The molecule has 1 aromatic heterocycles. The minimum absolute atomic E-state index is 0.0664. The summed E-state index contributed by atoms with van der Waals surface area (Å²) < 4.78 is 0. The van der Waals surface area contributed by atoms with Gasteiger partial charge in [-0.3, -0.25) is 4.79 Å². The average molecular weight is 224 g/mol. The largest absolute Gasteiger partial charge is 0.481 e. The van der Waals surface area contributed by atoms with E-state index in [1.165, 1.54) is 6.33 Å². The molecule has 0 unspecified atom stereocenters. The predicted octanol–water partition coefficient (Wildman–Crippen LogP) is 1.18. The van der Waals surface area contributed by atoms with Gasteiger partial charge in [-0.25, -0.2) is 9.97 Å². The number of carbonyl (C=O) groups is 1. The number of hydrogen-bond acceptors (Lipinski definition) is 5. The third-order valence-electron chi connectivity index (χ3n) is 1.75. The second-order valence-corrected chi connectivity index (χ2v) is 3.66. The summed E-state index contributed by atoms with van der Waals surface area (Å²) in [5.74, 6) is 0.518. The van der Waals surface area contributed by atoms with Gasteiger partial charge < -0.3 is 15.7 Å². The van der Waals surface area contributed by atoms with Crippen LogP contribution >= 0.6 is 0 Å². The van der Waals surface area contributed by atoms with Gasteiger partial charge in [0.1, 0.15) is 18.0 Å². The molecule has 0 aliphatic rings. The van der Waals surface area contributed by atoms with E-state index in [1.54, 1.807) is 6.07 Å². The lowest BCUT2D eigenvalue weighted by atomic mass is 10.4. The van der Waals surface area contributed by atoms with E-state index in [4.69, 9.17) is 5.11 Å². The number of anilines is 2. The fourth-order valence-electron chi connectivity index (χ4n) is 1.13. The first-order valence-corrected chi connectivity index (χ1v) is 5.12. The van der Waals surface area contributed by atoms with Crippen LogP contribution < -0.4 is 10.6 Å². The van der Waals surface area contributed by atoms with Crippen LogP contribution in [0.3, 0.4) is 0 Å². The molecule has 1 rings (SSSR count). The van der Waals surface area contributed by atoms with Crippen molar-refractivity contribution in [1.29, 1.82) is 0 Å². The Morgan fingerprint density at radius 1 is 1.44 bits per heavy atom. The monoisotopic (exact) mass is 224 g/mol. The third kappa shape index (κ3) is 4.59. The Labute approximate surface area is 94.1 Å². The van der Waals surface area contributed by atoms with Crippen LogP contribution in [0.25, 0.3) is 0 Å². The van der Waals surface area contributed by atoms with Gasteiger partial charge in [0, 0.05) is 18.7 Å². The molecule has 1 heterocycles. The van der Waals surface area contributed by atoms with Crippen LogP contribution in [-0.2, 0) is 4.79 Å². The molecule has 0 radical (unpaired) electrons. The zero-order valence-corrected chi connectivity index (χ0v) is 9.40. The Hall–Kier alpha value is -1.85. The summed E-state index contributed by atoms with van der Waals surface area (Å²) >= 11 is 0. The van der Waals surface area contributed by atoms with Crippen molar-refractivity contribution in [2.24, 2.45) is 0 Å². The number of nitrogens with zero attached hydrogens (tertiary/aromatic N) is 2. The molecule has 6 nitrogen and oxygen atoms in total. The van der Waals surface area contributed by atoms with Gasteiger partial charge >= 0.3 is 5.97 Å². The van der Waals surface area contributed by atoms with Crippen LogP contribution in [0, 0.1) is 0 Å². The van der Waals surface area contributed by atoms with Crippen LogP contribution in [0.4, 0.5) is 11.6 Å². The number of aliphatic carboxylic acids is 1. The lowest BCUT2D eigenvalue weighted by Crippen LogP contribution is -2.12. The van der Waals surface area contributed by atoms with E-state index in [0.717, 1.165) is 5.82 Å². The van der Waals surface area contributed by atoms with E-state index in [0.29, 0.717) is 18.4 Å². The highest BCUT2D eigenvalue weighted by molar-refractivity contribution is 5.67. The Balaban J connectivity index is 2.50. The molecule has 88 valence electrons. The van der Waals surface area contributed by atoms with Gasteiger partial charge in [0.05, 0.1) is 6.42 Å². The topological polar surface area (TPSA) is 87.1 Å². The van der Waals surface area contributed by atoms with Crippen LogP contribution in [0.5, 0.6) is 0 Å². The van der Waals surface area contributed by atoms with Gasteiger partial charge in [0.2, 0.25) is 0 Å². The number of aromatic nitrogens is 2. The number of carboxylic acid groups (broad SMARTS) is 1. The van der Waals surface area contributed by atoms with Crippen molar-refractivity contribution in [3.63, 3.8) is 0 Å². The molecule has 0 aromatic carbocycles. The molecule has 0 saturated heterocycles. The van der Waals surface area contributed by atoms with Crippen molar-refractivity contribution in [3.8, 4) is 0 Å². The molecule has 6 heteroatoms. The highest BCUT2D eigenvalue weighted by atomic mass is 16.4. The summed E-state index contributed by atoms with van der Waals surface area (Å²) in [6.45, 7) is 4.38. The fraction of sp³-hybridized carbons (Fsp3) is 0.500. The van der Waals surface area contributed by atoms with Crippen LogP contribution in [0.2, 0.25) is 0 Å². The molecule has 0 amide bonds. The van der Waals surface area contributed by atoms with E-state index >= 15 is 0 Å². The first-order valence-electron chi connectivity index (χ1n) is 5.12. The van der Waals surface area contributed by atoms with Crippen molar-refractivity contribution in [3.05, 3.63) is 12.4 Å². The quantitative estimate of drug-likeness (QED) is 0.672. The molecule has 0 aliphatic carbocycles. The first kappa shape index (κ1) is 12.2. The molecule has 0 saturated carbocycles. The summed E-state index contributed by atoms with van der Waals surface area (Å²) in [6, 6.07) is 2.05. The maximum Gasteiger partial charge on any atom is 0.305 e. The number of hydrogen-bond donors (Lipinski definition) is 3. The highest BCUT2D eigenvalue weighted by Gasteiger charge is 2.01. The molecular formula is C10H16N4O2. The van der Waals surface area contributed by atoms with E-state index in [1.807, 2.05) is 13.8 Å². The van der Waals surface area contributed by atoms with Crippen LogP contribution in [0.1, 0.15) is 20.3 Å². The lowest BCUT2D eigenvalue weighted by molar-refractivity contribution is -0.136. The van der Waals surface area contributed by atoms with Crippen molar-refractivity contribution in [2.45, 2.75) is 26.3 Å². The summed E-state index contributed by atoms with van der Waals surface area (Å²) in [5, 5.41) is 14.5. The average Bonchev–Trinajstić information content (AvgIpc) is 2.16. The Morgan fingerprint density at radius 2 is 2.12 bits per heavy atom. The Kier molecular flexibility index (Phi) is 4.50. The first-order chi connectivity index (χ1) is 7.58. The lowest BCUT2D eigenvalue weighted by Gasteiger charge is -2.10. The van der Waals surface area contributed by atoms with Gasteiger partial charge in [0.25, 0.3) is 0 Å². The maximum absolute atomic E-state index is 10.3. The van der Waals surface area contributed by atoms with Gasteiger partial charge in [-0.05, 0) is 13.8 Å². The molecule has 0 fully saturated rings. The van der Waals surface area contributed by atoms with Gasteiger partial charge in [-0.2, -0.15) is 0 Å². The molecule has 0 bridgehead atoms. The number of nitrogens with one attached hydrogen (secondary N) is 2. The van der Waals surface area contributed by atoms with Crippen molar-refractivity contribution in [1.82, 2.24) is 9.97 Å². The van der Waals surface area contributed by atoms with Gasteiger partial charge in [0.15, 0.2) is 0 Å². The SMILES string of the molecule is CC(C)Nc1cc(NCCC(=O)O)ncn1. The van der Waals surface area contributed by atoms with Crippen molar-refractivity contribution >= 4 is 17.6 Å². The second-order valence-electron chi connectivity index (χ2n) is 3.66. The molecule has 1 aromatic rings. The number of carboxylic acids is 1. The molecule has 0 atom stereocenters. The van der Waals surface area contributed by atoms with Crippen molar-refractivity contribution in [2.75, 3.05) is 17.2 Å². The second kappa shape index (κ2) is 5.89. The van der Waals surface area contributed by atoms with Gasteiger partial charge in [-0.15, -0.1) is 0 Å². The van der Waals surface area contributed by atoms with E-state index < -0.39 is 5.97 Å². The van der Waals surface area contributed by atoms with Crippen LogP contribution in [0.15, 0.2) is 12.4 Å². The predicted molar refractivity (Wildman–Crippen MR) is 61.5 cm³/mol. The summed E-state index contributed by atoms with van der Waals surface area (Å²) in [4.78, 5) is 18.3. The van der Waals surface area contributed by atoms with Crippen LogP contribution in [-0.4, -0.2) is 33.6 Å².